The van der Waals surface area contributed by atoms with Gasteiger partial charge in [0.2, 0.25) is 0 Å². The summed E-state index contributed by atoms with van der Waals surface area (Å²) in [4.78, 5) is 10.4. The van der Waals surface area contributed by atoms with Gasteiger partial charge >= 0.3 is 0 Å². The third kappa shape index (κ3) is 2.05. The van der Waals surface area contributed by atoms with Gasteiger partial charge in [0, 0.05) is 30.3 Å². The average Bonchev–Trinajstić information content (AvgIpc) is 2.66. The second-order valence-corrected chi connectivity index (χ2v) is 4.66. The fourth-order valence-corrected chi connectivity index (χ4v) is 2.03. The van der Waals surface area contributed by atoms with E-state index in [1.807, 2.05) is 4.57 Å². The Balaban J connectivity index is 2.66. The normalized spacial score (nSPS) is 10.8. The van der Waals surface area contributed by atoms with E-state index < -0.39 is 4.92 Å². The summed E-state index contributed by atoms with van der Waals surface area (Å²) in [6.07, 6.45) is 1.76. The minimum absolute atomic E-state index is 0.0510. The zero-order valence-electron chi connectivity index (χ0n) is 10.3. The van der Waals surface area contributed by atoms with E-state index in [1.54, 1.807) is 12.3 Å². The Labute approximate surface area is 104 Å². The molecule has 1 aromatic carbocycles. The van der Waals surface area contributed by atoms with Gasteiger partial charge in [-0.1, -0.05) is 13.8 Å². The van der Waals surface area contributed by atoms with Gasteiger partial charge in [-0.3, -0.25) is 10.1 Å². The maximum absolute atomic E-state index is 10.8. The lowest BCUT2D eigenvalue weighted by atomic mass is 10.2. The van der Waals surface area contributed by atoms with E-state index in [4.69, 9.17) is 5.26 Å². The molecule has 2 aromatic rings. The Hall–Kier alpha value is -2.35. The quantitative estimate of drug-likeness (QED) is 0.614. The van der Waals surface area contributed by atoms with Gasteiger partial charge in [-0.05, 0) is 12.0 Å². The van der Waals surface area contributed by atoms with Crippen molar-refractivity contribution in [3.8, 4) is 6.07 Å². The van der Waals surface area contributed by atoms with E-state index in [1.165, 1.54) is 12.1 Å². The molecule has 0 radical (unpaired) electrons. The van der Waals surface area contributed by atoms with E-state index in [9.17, 15) is 10.1 Å². The van der Waals surface area contributed by atoms with E-state index in [-0.39, 0.29) is 5.69 Å². The summed E-state index contributed by atoms with van der Waals surface area (Å²) in [5.41, 5.74) is 1.35. The zero-order chi connectivity index (χ0) is 13.3. The van der Waals surface area contributed by atoms with Crippen molar-refractivity contribution in [2.45, 2.75) is 20.4 Å². The van der Waals surface area contributed by atoms with Crippen molar-refractivity contribution in [1.82, 2.24) is 4.57 Å². The SMILES string of the molecule is CC(C)Cn1cc(C#N)c2ccc([N+](=O)[O-])cc21. The zero-order valence-corrected chi connectivity index (χ0v) is 10.3. The Bertz CT molecular complexity index is 650. The predicted octanol–water partition coefficient (Wildman–Crippen LogP) is 3.08. The molecule has 0 unspecified atom stereocenters. The van der Waals surface area contributed by atoms with Crippen molar-refractivity contribution < 1.29 is 4.92 Å². The molecular formula is C13H13N3O2. The van der Waals surface area contributed by atoms with Gasteiger partial charge in [-0.15, -0.1) is 0 Å². The lowest BCUT2D eigenvalue weighted by molar-refractivity contribution is -0.384. The molecule has 0 spiro atoms. The number of aromatic nitrogens is 1. The highest BCUT2D eigenvalue weighted by Crippen LogP contribution is 2.26. The van der Waals surface area contributed by atoms with Crippen LogP contribution in [0.5, 0.6) is 0 Å². The number of nitriles is 1. The minimum atomic E-state index is -0.418. The molecule has 1 aromatic heterocycles. The molecule has 0 N–H and O–H groups in total. The molecule has 0 aliphatic heterocycles. The Morgan fingerprint density at radius 3 is 2.78 bits per heavy atom. The smallest absolute Gasteiger partial charge is 0.271 e. The van der Waals surface area contributed by atoms with Crippen LogP contribution in [0.2, 0.25) is 0 Å². The van der Waals surface area contributed by atoms with Crippen molar-refractivity contribution in [3.63, 3.8) is 0 Å². The first kappa shape index (κ1) is 12.1. The summed E-state index contributed by atoms with van der Waals surface area (Å²) < 4.78 is 1.91. The monoisotopic (exact) mass is 243 g/mol. The number of hydrogen-bond acceptors (Lipinski definition) is 3. The van der Waals surface area contributed by atoms with Crippen LogP contribution in [0.4, 0.5) is 5.69 Å². The molecule has 0 saturated carbocycles. The second kappa shape index (κ2) is 4.49. The summed E-state index contributed by atoms with van der Waals surface area (Å²) in [7, 11) is 0. The highest BCUT2D eigenvalue weighted by Gasteiger charge is 2.13. The van der Waals surface area contributed by atoms with Gasteiger partial charge in [0.05, 0.1) is 16.0 Å². The summed E-state index contributed by atoms with van der Waals surface area (Å²) in [6.45, 7) is 4.86. The Morgan fingerprint density at radius 1 is 1.50 bits per heavy atom. The molecule has 2 rings (SSSR count). The summed E-state index contributed by atoms with van der Waals surface area (Å²) >= 11 is 0. The average molecular weight is 243 g/mol. The van der Waals surface area contributed by atoms with E-state index in [0.717, 1.165) is 17.4 Å². The second-order valence-electron chi connectivity index (χ2n) is 4.66. The highest BCUT2D eigenvalue weighted by atomic mass is 16.6. The number of benzene rings is 1. The molecule has 0 aliphatic carbocycles. The lowest BCUT2D eigenvalue weighted by Gasteiger charge is -2.07. The number of fused-ring (bicyclic) bond motifs is 1. The molecule has 5 heteroatoms. The molecule has 92 valence electrons. The lowest BCUT2D eigenvalue weighted by Crippen LogP contribution is -2.02. The van der Waals surface area contributed by atoms with Crippen molar-refractivity contribution in [3.05, 3.63) is 40.1 Å². The van der Waals surface area contributed by atoms with Crippen LogP contribution in [0.3, 0.4) is 0 Å². The number of nitrogens with zero attached hydrogens (tertiary/aromatic N) is 3. The van der Waals surface area contributed by atoms with Gasteiger partial charge in [0.1, 0.15) is 6.07 Å². The summed E-state index contributed by atoms with van der Waals surface area (Å²) in [5, 5.41) is 20.6. The topological polar surface area (TPSA) is 71.9 Å². The number of hydrogen-bond donors (Lipinski definition) is 0. The first-order chi connectivity index (χ1) is 8.52. The van der Waals surface area contributed by atoms with E-state index >= 15 is 0 Å². The first-order valence-corrected chi connectivity index (χ1v) is 5.70. The number of nitro benzene ring substituents is 1. The maximum Gasteiger partial charge on any atom is 0.271 e. The summed E-state index contributed by atoms with van der Waals surface area (Å²) in [5.74, 6) is 0.409. The van der Waals surface area contributed by atoms with Crippen LogP contribution in [0.15, 0.2) is 24.4 Å². The highest BCUT2D eigenvalue weighted by molar-refractivity contribution is 5.88. The van der Waals surface area contributed by atoms with E-state index in [2.05, 4.69) is 19.9 Å². The van der Waals surface area contributed by atoms with Gasteiger partial charge < -0.3 is 4.57 Å². The Kier molecular flexibility index (Phi) is 3.02. The van der Waals surface area contributed by atoms with E-state index in [0.29, 0.717) is 11.5 Å². The largest absolute Gasteiger partial charge is 0.346 e. The van der Waals surface area contributed by atoms with Crippen LogP contribution in [-0.2, 0) is 6.54 Å². The van der Waals surface area contributed by atoms with Crippen molar-refractivity contribution in [2.24, 2.45) is 5.92 Å². The minimum Gasteiger partial charge on any atom is -0.346 e. The van der Waals surface area contributed by atoms with Crippen molar-refractivity contribution in [1.29, 1.82) is 5.26 Å². The molecule has 5 nitrogen and oxygen atoms in total. The van der Waals surface area contributed by atoms with Crippen LogP contribution in [-0.4, -0.2) is 9.49 Å². The molecule has 1 heterocycles. The Morgan fingerprint density at radius 2 is 2.22 bits per heavy atom. The van der Waals surface area contributed by atoms with Crippen LogP contribution in [0.1, 0.15) is 19.4 Å². The molecule has 0 aliphatic rings. The molecule has 18 heavy (non-hydrogen) atoms. The number of non-ortho nitro benzene ring substituents is 1. The first-order valence-electron chi connectivity index (χ1n) is 5.70. The van der Waals surface area contributed by atoms with Gasteiger partial charge in [0.15, 0.2) is 0 Å². The van der Waals surface area contributed by atoms with Crippen LogP contribution in [0, 0.1) is 27.4 Å². The third-order valence-corrected chi connectivity index (χ3v) is 2.76. The van der Waals surface area contributed by atoms with Gasteiger partial charge in [-0.2, -0.15) is 5.26 Å². The fourth-order valence-electron chi connectivity index (χ4n) is 2.03. The van der Waals surface area contributed by atoms with Crippen LogP contribution < -0.4 is 0 Å². The number of nitro groups is 1. The molecule has 0 fully saturated rings. The van der Waals surface area contributed by atoms with Crippen LogP contribution >= 0.6 is 0 Å². The predicted molar refractivity (Wildman–Crippen MR) is 68.1 cm³/mol. The maximum atomic E-state index is 10.8. The molecule has 0 bridgehead atoms. The van der Waals surface area contributed by atoms with Gasteiger partial charge in [0.25, 0.3) is 5.69 Å². The summed E-state index contributed by atoms with van der Waals surface area (Å²) in [6, 6.07) is 6.72. The number of rotatable bonds is 3. The standard InChI is InChI=1S/C13H13N3O2/c1-9(2)7-15-8-10(6-14)12-4-3-11(16(17)18)5-13(12)15/h3-5,8-9H,7H2,1-2H3. The fraction of sp³-hybridized carbons (Fsp3) is 0.308. The van der Waals surface area contributed by atoms with Crippen LogP contribution in [0.25, 0.3) is 10.9 Å². The molecule has 0 amide bonds. The molecule has 0 saturated heterocycles. The van der Waals surface area contributed by atoms with Crippen molar-refractivity contribution >= 4 is 16.6 Å². The third-order valence-electron chi connectivity index (χ3n) is 2.76. The van der Waals surface area contributed by atoms with Gasteiger partial charge in [-0.25, -0.2) is 0 Å². The van der Waals surface area contributed by atoms with Crippen molar-refractivity contribution in [2.75, 3.05) is 0 Å². The molecular weight excluding hydrogens is 230 g/mol. The molecule has 0 atom stereocenters.